The van der Waals surface area contributed by atoms with Gasteiger partial charge in [0.1, 0.15) is 5.75 Å². The zero-order valence-electron chi connectivity index (χ0n) is 14.0. The van der Waals surface area contributed by atoms with Crippen LogP contribution in [0, 0.1) is 0 Å². The van der Waals surface area contributed by atoms with Crippen molar-refractivity contribution in [1.82, 2.24) is 5.32 Å². The van der Waals surface area contributed by atoms with Crippen LogP contribution in [0.25, 0.3) is 0 Å². The molecule has 1 heterocycles. The summed E-state index contributed by atoms with van der Waals surface area (Å²) in [5.74, 6) is 2.37. The van der Waals surface area contributed by atoms with Gasteiger partial charge in [-0.15, -0.1) is 23.5 Å². The summed E-state index contributed by atoms with van der Waals surface area (Å²) in [6, 6.07) is 14.2. The molecule has 0 bridgehead atoms. The molecule has 26 heavy (non-hydrogen) atoms. The smallest absolute Gasteiger partial charge is 0.387 e. The van der Waals surface area contributed by atoms with Crippen molar-refractivity contribution in [1.29, 1.82) is 0 Å². The Hall–Kier alpha value is -1.73. The molecule has 0 spiro atoms. The lowest BCUT2D eigenvalue weighted by Crippen LogP contribution is -2.25. The van der Waals surface area contributed by atoms with Crippen LogP contribution < -0.4 is 10.1 Å². The summed E-state index contributed by atoms with van der Waals surface area (Å²) in [6.45, 7) is -2.35. The molecule has 0 unspecified atom stereocenters. The van der Waals surface area contributed by atoms with E-state index in [1.54, 1.807) is 12.1 Å². The Morgan fingerprint density at radius 2 is 1.73 bits per heavy atom. The molecule has 2 aromatic rings. The molecular weight excluding hydrogens is 376 g/mol. The number of benzene rings is 2. The van der Waals surface area contributed by atoms with E-state index in [2.05, 4.69) is 10.1 Å². The second kappa shape index (κ2) is 9.28. The number of thioether (sulfide) groups is 2. The van der Waals surface area contributed by atoms with E-state index in [0.29, 0.717) is 23.1 Å². The maximum absolute atomic E-state index is 12.2. The van der Waals surface area contributed by atoms with Crippen LogP contribution in [0.5, 0.6) is 5.75 Å². The number of amides is 1. The lowest BCUT2D eigenvalue weighted by molar-refractivity contribution is -0.0498. The van der Waals surface area contributed by atoms with Gasteiger partial charge in [0, 0.05) is 23.6 Å². The van der Waals surface area contributed by atoms with Crippen LogP contribution in [0.15, 0.2) is 48.5 Å². The molecule has 3 rings (SSSR count). The predicted octanol–water partition coefficient (Wildman–Crippen LogP) is 4.74. The van der Waals surface area contributed by atoms with Gasteiger partial charge in [-0.2, -0.15) is 8.78 Å². The van der Waals surface area contributed by atoms with Gasteiger partial charge in [0.15, 0.2) is 0 Å². The third kappa shape index (κ3) is 5.38. The summed E-state index contributed by atoms with van der Waals surface area (Å²) in [4.78, 5) is 12.2. The molecule has 1 aliphatic heterocycles. The van der Waals surface area contributed by atoms with E-state index in [4.69, 9.17) is 0 Å². The molecule has 1 aliphatic rings. The minimum absolute atomic E-state index is 0.110. The Morgan fingerprint density at radius 3 is 2.35 bits per heavy atom. The van der Waals surface area contributed by atoms with Crippen molar-refractivity contribution in [2.75, 3.05) is 18.1 Å². The first-order valence-corrected chi connectivity index (χ1v) is 10.4. The highest BCUT2D eigenvalue weighted by Crippen LogP contribution is 2.45. The average molecular weight is 395 g/mol. The van der Waals surface area contributed by atoms with Crippen LogP contribution in [-0.4, -0.2) is 30.6 Å². The fourth-order valence-electron chi connectivity index (χ4n) is 2.60. The highest BCUT2D eigenvalue weighted by atomic mass is 32.2. The first-order chi connectivity index (χ1) is 12.6. The number of alkyl halides is 2. The van der Waals surface area contributed by atoms with Crippen LogP contribution in [-0.2, 0) is 6.42 Å². The molecule has 1 saturated heterocycles. The maximum Gasteiger partial charge on any atom is 0.387 e. The normalized spacial score (nSPS) is 14.6. The molecule has 0 radical (unpaired) electrons. The van der Waals surface area contributed by atoms with Crippen LogP contribution in [0.1, 0.15) is 26.1 Å². The molecule has 2 aromatic carbocycles. The van der Waals surface area contributed by atoms with E-state index in [-0.39, 0.29) is 11.7 Å². The SMILES string of the molecule is O=C(NCCc1ccc(OC(F)F)cc1)c1ccc(C2SCCS2)cc1. The summed E-state index contributed by atoms with van der Waals surface area (Å²) in [5.41, 5.74) is 2.83. The molecule has 0 aliphatic carbocycles. The zero-order chi connectivity index (χ0) is 18.4. The maximum atomic E-state index is 12.2. The number of halogens is 2. The largest absolute Gasteiger partial charge is 0.435 e. The van der Waals surface area contributed by atoms with Gasteiger partial charge in [0.25, 0.3) is 5.91 Å². The van der Waals surface area contributed by atoms with Crippen molar-refractivity contribution in [2.24, 2.45) is 0 Å². The van der Waals surface area contributed by atoms with Gasteiger partial charge >= 0.3 is 6.61 Å². The molecule has 0 atom stereocenters. The number of rotatable bonds is 7. The molecule has 1 fully saturated rings. The van der Waals surface area contributed by atoms with Crippen molar-refractivity contribution in [3.63, 3.8) is 0 Å². The number of hydrogen-bond acceptors (Lipinski definition) is 4. The average Bonchev–Trinajstić information content (AvgIpc) is 3.17. The zero-order valence-corrected chi connectivity index (χ0v) is 15.6. The van der Waals surface area contributed by atoms with Gasteiger partial charge in [0.2, 0.25) is 0 Å². The van der Waals surface area contributed by atoms with Crippen molar-refractivity contribution >= 4 is 29.4 Å². The van der Waals surface area contributed by atoms with Gasteiger partial charge in [-0.25, -0.2) is 0 Å². The Bertz CT molecular complexity index is 717. The molecule has 1 amide bonds. The van der Waals surface area contributed by atoms with E-state index in [1.807, 2.05) is 47.8 Å². The standard InChI is InChI=1S/C19H19F2NO2S2/c20-19(21)24-16-7-1-13(2-8-16)9-10-22-17(23)14-3-5-15(6-4-14)18-25-11-12-26-18/h1-8,18-19H,9-12H2,(H,22,23). The Kier molecular flexibility index (Phi) is 6.80. The first kappa shape index (κ1) is 19.0. The molecular formula is C19H19F2NO2S2. The summed E-state index contributed by atoms with van der Waals surface area (Å²) in [5, 5.41) is 2.88. The van der Waals surface area contributed by atoms with Gasteiger partial charge < -0.3 is 10.1 Å². The number of nitrogens with one attached hydrogen (secondary N) is 1. The van der Waals surface area contributed by atoms with E-state index < -0.39 is 6.61 Å². The summed E-state index contributed by atoms with van der Waals surface area (Å²) in [6.07, 6.45) is 0.619. The van der Waals surface area contributed by atoms with Crippen molar-refractivity contribution in [3.05, 3.63) is 65.2 Å². The van der Waals surface area contributed by atoms with Crippen molar-refractivity contribution < 1.29 is 18.3 Å². The van der Waals surface area contributed by atoms with E-state index in [9.17, 15) is 13.6 Å². The Labute approximate surface area is 159 Å². The van der Waals surface area contributed by atoms with Gasteiger partial charge in [-0.3, -0.25) is 4.79 Å². The van der Waals surface area contributed by atoms with E-state index in [1.165, 1.54) is 29.2 Å². The summed E-state index contributed by atoms with van der Waals surface area (Å²) >= 11 is 3.87. The van der Waals surface area contributed by atoms with E-state index >= 15 is 0 Å². The fraction of sp³-hybridized carbons (Fsp3) is 0.316. The minimum atomic E-state index is -2.82. The third-order valence-electron chi connectivity index (χ3n) is 3.91. The molecule has 0 aromatic heterocycles. The van der Waals surface area contributed by atoms with Crippen molar-refractivity contribution in [2.45, 2.75) is 17.6 Å². The second-order valence-corrected chi connectivity index (χ2v) is 8.45. The molecule has 7 heteroatoms. The van der Waals surface area contributed by atoms with E-state index in [0.717, 1.165) is 5.56 Å². The number of carbonyl (C=O) groups excluding carboxylic acids is 1. The first-order valence-electron chi connectivity index (χ1n) is 8.27. The van der Waals surface area contributed by atoms with Crippen LogP contribution in [0.3, 0.4) is 0 Å². The van der Waals surface area contributed by atoms with Gasteiger partial charge in [-0.05, 0) is 41.8 Å². The molecule has 3 nitrogen and oxygen atoms in total. The minimum Gasteiger partial charge on any atom is -0.435 e. The van der Waals surface area contributed by atoms with Gasteiger partial charge in [0.05, 0.1) is 4.58 Å². The second-order valence-electron chi connectivity index (χ2n) is 5.72. The number of carbonyl (C=O) groups is 1. The highest BCUT2D eigenvalue weighted by molar-refractivity contribution is 8.19. The summed E-state index contributed by atoms with van der Waals surface area (Å²) < 4.78 is 29.0. The lowest BCUT2D eigenvalue weighted by Gasteiger charge is -2.10. The Morgan fingerprint density at radius 1 is 1.08 bits per heavy atom. The monoisotopic (exact) mass is 395 g/mol. The van der Waals surface area contributed by atoms with Crippen LogP contribution >= 0.6 is 23.5 Å². The molecule has 138 valence electrons. The lowest BCUT2D eigenvalue weighted by atomic mass is 10.1. The van der Waals surface area contributed by atoms with Crippen LogP contribution in [0.2, 0.25) is 0 Å². The number of hydrogen-bond donors (Lipinski definition) is 1. The Balaban J connectivity index is 1.46. The molecule has 1 N–H and O–H groups in total. The fourth-order valence-corrected chi connectivity index (χ4v) is 5.46. The number of ether oxygens (including phenoxy) is 1. The van der Waals surface area contributed by atoms with Crippen LogP contribution in [0.4, 0.5) is 8.78 Å². The van der Waals surface area contributed by atoms with Gasteiger partial charge in [-0.1, -0.05) is 24.3 Å². The third-order valence-corrected chi connectivity index (χ3v) is 7.02. The molecule has 0 saturated carbocycles. The predicted molar refractivity (Wildman–Crippen MR) is 103 cm³/mol. The highest BCUT2D eigenvalue weighted by Gasteiger charge is 2.18. The summed E-state index contributed by atoms with van der Waals surface area (Å²) in [7, 11) is 0. The topological polar surface area (TPSA) is 38.3 Å². The van der Waals surface area contributed by atoms with Crippen molar-refractivity contribution in [3.8, 4) is 5.75 Å². The quantitative estimate of drug-likeness (QED) is 0.735.